The van der Waals surface area contributed by atoms with E-state index < -0.39 is 0 Å². The Morgan fingerprint density at radius 3 is 2.27 bits per heavy atom. The van der Waals surface area contributed by atoms with Crippen LogP contribution in [0.25, 0.3) is 11.0 Å². The number of nitrogens with zero attached hydrogens (tertiary/aromatic N) is 2. The molecule has 0 bridgehead atoms. The number of hydrogen-bond acceptors (Lipinski definition) is 2. The van der Waals surface area contributed by atoms with E-state index in [4.69, 9.17) is 0 Å². The SMILES string of the molecule is CC(C)C.Cc1ccc(Cc2cc3ccc(C)nc3n(C)c2=O)c(C)c1.[HH]. The molecule has 0 N–H and O–H groups in total. The van der Waals surface area contributed by atoms with Gasteiger partial charge in [-0.15, -0.1) is 0 Å². The Kier molecular flexibility index (Phi) is 6.36. The van der Waals surface area contributed by atoms with Crippen molar-refractivity contribution in [3.05, 3.63) is 74.7 Å². The minimum absolute atomic E-state index is 0. The molecule has 3 heteroatoms. The first-order valence-electron chi connectivity index (χ1n) is 9.21. The summed E-state index contributed by atoms with van der Waals surface area (Å²) in [5, 5.41) is 1.01. The Balaban J connectivity index is 0.000000666. The average molecular weight is 353 g/mol. The highest BCUT2D eigenvalue weighted by molar-refractivity contribution is 5.76. The third kappa shape index (κ3) is 4.81. The molecule has 3 nitrogen and oxygen atoms in total. The van der Waals surface area contributed by atoms with Crippen LogP contribution in [-0.4, -0.2) is 9.55 Å². The number of pyridine rings is 2. The van der Waals surface area contributed by atoms with E-state index in [9.17, 15) is 4.79 Å². The number of aromatic nitrogens is 2. The van der Waals surface area contributed by atoms with Crippen LogP contribution >= 0.6 is 0 Å². The highest BCUT2D eigenvalue weighted by Crippen LogP contribution is 2.17. The van der Waals surface area contributed by atoms with Crippen LogP contribution in [0.4, 0.5) is 0 Å². The van der Waals surface area contributed by atoms with Gasteiger partial charge in [-0.25, -0.2) is 4.98 Å². The zero-order valence-corrected chi connectivity index (χ0v) is 17.1. The number of aryl methyl sites for hydroxylation is 4. The van der Waals surface area contributed by atoms with Crippen LogP contribution in [0.5, 0.6) is 0 Å². The first-order valence-corrected chi connectivity index (χ1v) is 9.21. The summed E-state index contributed by atoms with van der Waals surface area (Å²) >= 11 is 0. The van der Waals surface area contributed by atoms with Crippen molar-refractivity contribution in [2.45, 2.75) is 48.0 Å². The van der Waals surface area contributed by atoms with Crippen LogP contribution in [0.1, 0.15) is 50.1 Å². The fraction of sp³-hybridized carbons (Fsp3) is 0.391. The van der Waals surface area contributed by atoms with E-state index in [1.165, 1.54) is 16.7 Å². The summed E-state index contributed by atoms with van der Waals surface area (Å²) in [6.07, 6.45) is 0.655. The highest BCUT2D eigenvalue weighted by Gasteiger charge is 2.10. The number of hydrogen-bond donors (Lipinski definition) is 0. The molecule has 3 aromatic rings. The number of fused-ring (bicyclic) bond motifs is 1. The smallest absolute Gasteiger partial charge is 0.255 e. The lowest BCUT2D eigenvalue weighted by molar-refractivity contribution is 0.737. The second kappa shape index (κ2) is 8.31. The minimum atomic E-state index is 0. The van der Waals surface area contributed by atoms with Crippen LogP contribution in [0.3, 0.4) is 0 Å². The molecule has 0 saturated heterocycles. The molecular weight excluding hydrogens is 320 g/mol. The van der Waals surface area contributed by atoms with Gasteiger partial charge in [0.05, 0.1) is 0 Å². The summed E-state index contributed by atoms with van der Waals surface area (Å²) in [7, 11) is 1.79. The van der Waals surface area contributed by atoms with Gasteiger partial charge in [-0.3, -0.25) is 9.36 Å². The summed E-state index contributed by atoms with van der Waals surface area (Å²) < 4.78 is 1.65. The predicted molar refractivity (Wildman–Crippen MR) is 113 cm³/mol. The van der Waals surface area contributed by atoms with E-state index in [1.54, 1.807) is 11.6 Å². The van der Waals surface area contributed by atoms with Crippen LogP contribution in [0.2, 0.25) is 0 Å². The van der Waals surface area contributed by atoms with Crippen LogP contribution in [-0.2, 0) is 13.5 Å². The van der Waals surface area contributed by atoms with E-state index in [1.807, 2.05) is 25.1 Å². The Bertz CT molecular complexity index is 971. The number of rotatable bonds is 2. The minimum Gasteiger partial charge on any atom is -0.296 e. The van der Waals surface area contributed by atoms with Crippen LogP contribution in [0.15, 0.2) is 41.2 Å². The highest BCUT2D eigenvalue weighted by atomic mass is 16.1. The summed E-state index contributed by atoms with van der Waals surface area (Å²) in [5.74, 6) is 0.833. The molecule has 26 heavy (non-hydrogen) atoms. The summed E-state index contributed by atoms with van der Waals surface area (Å²) in [5.41, 5.74) is 6.18. The van der Waals surface area contributed by atoms with Gasteiger partial charge in [-0.05, 0) is 56.0 Å². The fourth-order valence-electron chi connectivity index (χ4n) is 2.87. The maximum absolute atomic E-state index is 12.6. The van der Waals surface area contributed by atoms with Crippen LogP contribution < -0.4 is 5.56 Å². The van der Waals surface area contributed by atoms with Crippen molar-refractivity contribution in [3.63, 3.8) is 0 Å². The predicted octanol–water partition coefficient (Wildman–Crippen LogP) is 5.36. The fourth-order valence-corrected chi connectivity index (χ4v) is 2.87. The van der Waals surface area contributed by atoms with Gasteiger partial charge in [0.1, 0.15) is 5.65 Å². The van der Waals surface area contributed by atoms with Crippen LogP contribution in [0, 0.1) is 26.7 Å². The van der Waals surface area contributed by atoms with Crippen molar-refractivity contribution in [1.82, 2.24) is 9.55 Å². The molecule has 0 saturated carbocycles. The maximum atomic E-state index is 12.6. The molecule has 0 amide bonds. The van der Waals surface area contributed by atoms with Crippen molar-refractivity contribution in [1.29, 1.82) is 0 Å². The number of benzene rings is 1. The molecular formula is C23H32N2O. The zero-order chi connectivity index (χ0) is 19.4. The van der Waals surface area contributed by atoms with Crippen molar-refractivity contribution >= 4 is 11.0 Å². The molecule has 2 aromatic heterocycles. The third-order valence-electron chi connectivity index (χ3n) is 4.15. The van der Waals surface area contributed by atoms with Gasteiger partial charge < -0.3 is 0 Å². The quantitative estimate of drug-likeness (QED) is 0.622. The van der Waals surface area contributed by atoms with Gasteiger partial charge in [-0.2, -0.15) is 0 Å². The largest absolute Gasteiger partial charge is 0.296 e. The summed E-state index contributed by atoms with van der Waals surface area (Å²) in [6, 6.07) is 12.4. The van der Waals surface area contributed by atoms with E-state index in [-0.39, 0.29) is 6.99 Å². The summed E-state index contributed by atoms with van der Waals surface area (Å²) in [6.45, 7) is 12.6. The average Bonchev–Trinajstić information content (AvgIpc) is 2.55. The van der Waals surface area contributed by atoms with Crippen molar-refractivity contribution in [3.8, 4) is 0 Å². The molecule has 140 valence electrons. The Morgan fingerprint density at radius 1 is 1.00 bits per heavy atom. The monoisotopic (exact) mass is 352 g/mol. The van der Waals surface area contributed by atoms with Gasteiger partial charge in [0.2, 0.25) is 0 Å². The van der Waals surface area contributed by atoms with Gasteiger partial charge in [0, 0.05) is 31.5 Å². The lowest BCUT2D eigenvalue weighted by atomic mass is 9.99. The first-order chi connectivity index (χ1) is 12.2. The lowest BCUT2D eigenvalue weighted by Crippen LogP contribution is -2.22. The molecule has 0 radical (unpaired) electrons. The first kappa shape index (κ1) is 19.9. The standard InChI is InChI=1S/C19H20N2O.C4H10.H2/c1-12-5-7-15(13(2)9-12)10-17-11-16-8-6-14(3)20-18(16)21(4)19(17)22;1-4(2)3;/h5-9,11H,10H2,1-4H3;4H,1-3H3;1H. The molecule has 3 rings (SSSR count). The zero-order valence-electron chi connectivity index (χ0n) is 17.1. The van der Waals surface area contributed by atoms with E-state index >= 15 is 0 Å². The van der Waals surface area contributed by atoms with Gasteiger partial charge >= 0.3 is 0 Å². The normalized spacial score (nSPS) is 10.8. The molecule has 0 aliphatic rings. The molecule has 0 aliphatic carbocycles. The second-order valence-electron chi connectivity index (χ2n) is 7.74. The molecule has 1 aromatic carbocycles. The molecule has 0 fully saturated rings. The molecule has 0 atom stereocenters. The van der Waals surface area contributed by atoms with E-state index in [0.717, 1.165) is 28.2 Å². The summed E-state index contributed by atoms with van der Waals surface area (Å²) in [4.78, 5) is 17.1. The Labute approximate surface area is 158 Å². The Morgan fingerprint density at radius 2 is 1.65 bits per heavy atom. The van der Waals surface area contributed by atoms with Gasteiger partial charge in [0.25, 0.3) is 5.56 Å². The topological polar surface area (TPSA) is 34.9 Å². The third-order valence-corrected chi connectivity index (χ3v) is 4.15. The molecule has 0 spiro atoms. The van der Waals surface area contributed by atoms with Crippen molar-refractivity contribution < 1.29 is 1.43 Å². The molecule has 0 aliphatic heterocycles. The second-order valence-corrected chi connectivity index (χ2v) is 7.74. The Hall–Kier alpha value is -2.42. The van der Waals surface area contributed by atoms with E-state index in [0.29, 0.717) is 6.42 Å². The molecule has 2 heterocycles. The van der Waals surface area contributed by atoms with Crippen molar-refractivity contribution in [2.75, 3.05) is 0 Å². The van der Waals surface area contributed by atoms with Crippen molar-refractivity contribution in [2.24, 2.45) is 13.0 Å². The van der Waals surface area contributed by atoms with Gasteiger partial charge in [-0.1, -0.05) is 44.5 Å². The lowest BCUT2D eigenvalue weighted by Gasteiger charge is -2.10. The van der Waals surface area contributed by atoms with E-state index in [2.05, 4.69) is 57.8 Å². The van der Waals surface area contributed by atoms with Gasteiger partial charge in [0.15, 0.2) is 0 Å². The maximum Gasteiger partial charge on any atom is 0.255 e. The molecule has 0 unspecified atom stereocenters.